The lowest BCUT2D eigenvalue weighted by Gasteiger charge is -2.33. The summed E-state index contributed by atoms with van der Waals surface area (Å²) in [6.07, 6.45) is 7.11. The molecule has 0 bridgehead atoms. The average Bonchev–Trinajstić information content (AvgIpc) is 2.79. The number of alkyl carbamates (subject to hydrolysis) is 1. The number of amides is 1. The highest BCUT2D eigenvalue weighted by atomic mass is 16.6. The van der Waals surface area contributed by atoms with Crippen molar-refractivity contribution in [3.63, 3.8) is 0 Å². The largest absolute Gasteiger partial charge is 0.480 e. The Morgan fingerprint density at radius 2 is 1.91 bits per heavy atom. The van der Waals surface area contributed by atoms with Gasteiger partial charge in [-0.05, 0) is 46.5 Å². The van der Waals surface area contributed by atoms with Crippen LogP contribution in [0.1, 0.15) is 72.1 Å². The van der Waals surface area contributed by atoms with Gasteiger partial charge >= 0.3 is 12.1 Å². The molecule has 6 heteroatoms. The van der Waals surface area contributed by atoms with Crippen molar-refractivity contribution in [2.75, 3.05) is 0 Å². The lowest BCUT2D eigenvalue weighted by molar-refractivity contribution is -0.141. The maximum atomic E-state index is 11.8. The van der Waals surface area contributed by atoms with Crippen LogP contribution >= 0.6 is 0 Å². The Labute approximate surface area is 137 Å². The van der Waals surface area contributed by atoms with Crippen LogP contribution in [0.3, 0.4) is 0 Å². The van der Waals surface area contributed by atoms with Crippen LogP contribution in [0.5, 0.6) is 0 Å². The molecular formula is C17H29NO5. The molecule has 1 saturated carbocycles. The summed E-state index contributed by atoms with van der Waals surface area (Å²) in [5.41, 5.74) is -0.693. The lowest BCUT2D eigenvalue weighted by atomic mass is 9.83. The molecule has 1 spiro atoms. The van der Waals surface area contributed by atoms with E-state index in [1.807, 2.05) is 0 Å². The molecule has 2 N–H and O–H groups in total. The quantitative estimate of drug-likeness (QED) is 0.828. The number of ether oxygens (including phenoxy) is 2. The van der Waals surface area contributed by atoms with Crippen LogP contribution in [0, 0.1) is 0 Å². The second-order valence-corrected chi connectivity index (χ2v) is 7.79. The topological polar surface area (TPSA) is 84.9 Å². The molecule has 2 aliphatic rings. The molecule has 2 rings (SSSR count). The Morgan fingerprint density at radius 3 is 2.48 bits per heavy atom. The van der Waals surface area contributed by atoms with Crippen molar-refractivity contribution in [1.82, 2.24) is 5.32 Å². The van der Waals surface area contributed by atoms with E-state index in [2.05, 4.69) is 5.32 Å². The third-order valence-electron chi connectivity index (χ3n) is 4.59. The molecule has 2 fully saturated rings. The third kappa shape index (κ3) is 5.37. The van der Waals surface area contributed by atoms with Crippen molar-refractivity contribution in [1.29, 1.82) is 0 Å². The molecule has 1 aliphatic heterocycles. The number of rotatable bonds is 4. The maximum absolute atomic E-state index is 11.8. The van der Waals surface area contributed by atoms with E-state index in [0.29, 0.717) is 0 Å². The first-order chi connectivity index (χ1) is 10.7. The van der Waals surface area contributed by atoms with E-state index >= 15 is 0 Å². The number of carboxylic acid groups (broad SMARTS) is 1. The van der Waals surface area contributed by atoms with Gasteiger partial charge in [0.2, 0.25) is 0 Å². The predicted octanol–water partition coefficient (Wildman–Crippen LogP) is 3.24. The zero-order valence-electron chi connectivity index (χ0n) is 14.4. The van der Waals surface area contributed by atoms with Crippen molar-refractivity contribution in [2.45, 2.75) is 95.5 Å². The van der Waals surface area contributed by atoms with Gasteiger partial charge in [0.15, 0.2) is 0 Å². The number of carboxylic acids is 1. The summed E-state index contributed by atoms with van der Waals surface area (Å²) in [5, 5.41) is 11.8. The number of hydrogen-bond donors (Lipinski definition) is 2. The van der Waals surface area contributed by atoms with E-state index in [1.54, 1.807) is 20.8 Å². The zero-order chi connectivity index (χ0) is 17.1. The van der Waals surface area contributed by atoms with Gasteiger partial charge in [-0.2, -0.15) is 0 Å². The first-order valence-electron chi connectivity index (χ1n) is 8.59. The molecule has 6 nitrogen and oxygen atoms in total. The molecule has 0 aromatic heterocycles. The Hall–Kier alpha value is -1.30. The number of carbonyl (C=O) groups excluding carboxylic acids is 1. The zero-order valence-corrected chi connectivity index (χ0v) is 14.4. The summed E-state index contributed by atoms with van der Waals surface area (Å²) >= 11 is 0. The van der Waals surface area contributed by atoms with Crippen LogP contribution in [0.2, 0.25) is 0 Å². The average molecular weight is 327 g/mol. The summed E-state index contributed by atoms with van der Waals surface area (Å²) in [4.78, 5) is 23.2. The van der Waals surface area contributed by atoms with Crippen LogP contribution in [0.25, 0.3) is 0 Å². The van der Waals surface area contributed by atoms with Crippen molar-refractivity contribution in [3.05, 3.63) is 0 Å². The summed E-state index contributed by atoms with van der Waals surface area (Å²) in [6.45, 7) is 5.24. The maximum Gasteiger partial charge on any atom is 0.408 e. The van der Waals surface area contributed by atoms with Gasteiger partial charge in [0.1, 0.15) is 11.6 Å². The normalized spacial score (nSPS) is 25.1. The van der Waals surface area contributed by atoms with Gasteiger partial charge in [-0.15, -0.1) is 0 Å². The van der Waals surface area contributed by atoms with Gasteiger partial charge in [-0.25, -0.2) is 9.59 Å². The van der Waals surface area contributed by atoms with E-state index in [4.69, 9.17) is 9.47 Å². The fourth-order valence-corrected chi connectivity index (χ4v) is 3.56. The van der Waals surface area contributed by atoms with Crippen LogP contribution in [-0.4, -0.2) is 40.5 Å². The molecule has 0 aromatic carbocycles. The molecule has 132 valence electrons. The monoisotopic (exact) mass is 327 g/mol. The molecule has 2 atom stereocenters. The van der Waals surface area contributed by atoms with Crippen LogP contribution < -0.4 is 5.32 Å². The van der Waals surface area contributed by atoms with E-state index in [9.17, 15) is 14.7 Å². The summed E-state index contributed by atoms with van der Waals surface area (Å²) in [6, 6.07) is -0.978. The van der Waals surface area contributed by atoms with Crippen molar-refractivity contribution < 1.29 is 24.2 Å². The Bertz CT molecular complexity index is 437. The molecule has 1 amide bonds. The van der Waals surface area contributed by atoms with Crippen molar-refractivity contribution in [3.8, 4) is 0 Å². The summed E-state index contributed by atoms with van der Waals surface area (Å²) < 4.78 is 11.3. The summed E-state index contributed by atoms with van der Waals surface area (Å²) in [7, 11) is 0. The van der Waals surface area contributed by atoms with Gasteiger partial charge in [0.25, 0.3) is 0 Å². The van der Waals surface area contributed by atoms with Crippen molar-refractivity contribution >= 4 is 12.1 Å². The SMILES string of the molecule is CC(C)(C)OC(=O)NC(CC1CCC2(CCCCC2)O1)C(=O)O. The molecule has 0 aromatic rings. The van der Waals surface area contributed by atoms with Crippen molar-refractivity contribution in [2.24, 2.45) is 0 Å². The van der Waals surface area contributed by atoms with E-state index < -0.39 is 23.7 Å². The highest BCUT2D eigenvalue weighted by molar-refractivity contribution is 5.80. The van der Waals surface area contributed by atoms with E-state index in [-0.39, 0.29) is 18.1 Å². The minimum Gasteiger partial charge on any atom is -0.480 e. The second-order valence-electron chi connectivity index (χ2n) is 7.79. The molecule has 0 radical (unpaired) electrons. The minimum atomic E-state index is -1.05. The Morgan fingerprint density at radius 1 is 1.26 bits per heavy atom. The fraction of sp³-hybridized carbons (Fsp3) is 0.882. The first kappa shape index (κ1) is 18.0. The summed E-state index contributed by atoms with van der Waals surface area (Å²) in [5.74, 6) is -1.05. The second kappa shape index (κ2) is 7.07. The fourth-order valence-electron chi connectivity index (χ4n) is 3.56. The predicted molar refractivity (Wildman–Crippen MR) is 85.3 cm³/mol. The minimum absolute atomic E-state index is 0.0438. The van der Waals surface area contributed by atoms with Gasteiger partial charge in [0, 0.05) is 6.42 Å². The van der Waals surface area contributed by atoms with E-state index in [0.717, 1.165) is 25.7 Å². The number of hydrogen-bond acceptors (Lipinski definition) is 4. The lowest BCUT2D eigenvalue weighted by Crippen LogP contribution is -2.45. The van der Waals surface area contributed by atoms with Gasteiger partial charge in [-0.1, -0.05) is 19.3 Å². The highest BCUT2D eigenvalue weighted by Gasteiger charge is 2.42. The van der Waals surface area contributed by atoms with Crippen LogP contribution in [0.15, 0.2) is 0 Å². The molecule has 2 unspecified atom stereocenters. The highest BCUT2D eigenvalue weighted by Crippen LogP contribution is 2.42. The van der Waals surface area contributed by atoms with Gasteiger partial charge < -0.3 is 19.9 Å². The first-order valence-corrected chi connectivity index (χ1v) is 8.59. The van der Waals surface area contributed by atoms with E-state index in [1.165, 1.54) is 19.3 Å². The standard InChI is InChI=1S/C17H29NO5/c1-16(2,3)23-15(21)18-13(14(19)20)11-12-7-10-17(22-12)8-5-4-6-9-17/h12-13H,4-11H2,1-3H3,(H,18,21)(H,19,20). The third-order valence-corrected chi connectivity index (χ3v) is 4.59. The van der Waals surface area contributed by atoms with Crippen LogP contribution in [-0.2, 0) is 14.3 Å². The Balaban J connectivity index is 1.87. The van der Waals surface area contributed by atoms with Gasteiger partial charge in [-0.3, -0.25) is 0 Å². The molecule has 1 aliphatic carbocycles. The van der Waals surface area contributed by atoms with Crippen LogP contribution in [0.4, 0.5) is 4.79 Å². The number of nitrogens with one attached hydrogen (secondary N) is 1. The number of carbonyl (C=O) groups is 2. The Kier molecular flexibility index (Phi) is 5.55. The van der Waals surface area contributed by atoms with Gasteiger partial charge in [0.05, 0.1) is 11.7 Å². The molecule has 1 saturated heterocycles. The molecule has 1 heterocycles. The smallest absolute Gasteiger partial charge is 0.408 e. The molecule has 23 heavy (non-hydrogen) atoms. The number of aliphatic carboxylic acids is 1. The molecular weight excluding hydrogens is 298 g/mol.